The fraction of sp³-hybridized carbons (Fsp3) is 0.429. The second kappa shape index (κ2) is 11.7. The van der Waals surface area contributed by atoms with Crippen molar-refractivity contribution in [3.63, 3.8) is 0 Å². The first-order valence-electron chi connectivity index (χ1n) is 13.1. The van der Waals surface area contributed by atoms with Crippen LogP contribution in [0.5, 0.6) is 0 Å². The number of amides is 1. The molecule has 1 aliphatic rings. The number of hydrogen-bond acceptors (Lipinski definition) is 6. The first-order chi connectivity index (χ1) is 18.4. The Kier molecular flexibility index (Phi) is 8.51. The average Bonchev–Trinajstić information content (AvgIpc) is 3.33. The molecule has 0 saturated heterocycles. The minimum absolute atomic E-state index is 0.0383. The van der Waals surface area contributed by atoms with Gasteiger partial charge in [0.15, 0.2) is 0 Å². The van der Waals surface area contributed by atoms with Crippen LogP contribution in [0.15, 0.2) is 35.5 Å². The Morgan fingerprint density at radius 3 is 2.46 bits per heavy atom. The lowest BCUT2D eigenvalue weighted by atomic mass is 9.93. The third kappa shape index (κ3) is 6.72. The quantitative estimate of drug-likeness (QED) is 0.350. The molecule has 0 saturated carbocycles. The molecule has 10 nitrogen and oxygen atoms in total. The van der Waals surface area contributed by atoms with E-state index in [-0.39, 0.29) is 10.5 Å². The van der Waals surface area contributed by atoms with E-state index in [1.54, 1.807) is 36.9 Å². The Balaban J connectivity index is 1.37. The number of aryl methyl sites for hydroxylation is 8. The van der Waals surface area contributed by atoms with E-state index in [0.717, 1.165) is 36.1 Å². The summed E-state index contributed by atoms with van der Waals surface area (Å²) < 4.78 is 29.9. The number of fused-ring (bicyclic) bond motifs is 1. The number of nitrogens with zero attached hydrogens (tertiary/aromatic N) is 3. The van der Waals surface area contributed by atoms with Crippen LogP contribution in [0.4, 0.5) is 0 Å². The molecule has 0 spiro atoms. The van der Waals surface area contributed by atoms with E-state index in [2.05, 4.69) is 21.2 Å². The highest BCUT2D eigenvalue weighted by Crippen LogP contribution is 2.23. The highest BCUT2D eigenvalue weighted by atomic mass is 32.2. The van der Waals surface area contributed by atoms with Crippen LogP contribution < -0.4 is 10.0 Å². The monoisotopic (exact) mass is 553 g/mol. The summed E-state index contributed by atoms with van der Waals surface area (Å²) >= 11 is 0. The van der Waals surface area contributed by atoms with E-state index >= 15 is 0 Å². The van der Waals surface area contributed by atoms with Crippen molar-refractivity contribution >= 4 is 21.9 Å². The van der Waals surface area contributed by atoms with E-state index in [0.29, 0.717) is 17.7 Å². The van der Waals surface area contributed by atoms with E-state index < -0.39 is 34.5 Å². The molecule has 39 heavy (non-hydrogen) atoms. The predicted molar refractivity (Wildman–Crippen MR) is 146 cm³/mol. The van der Waals surface area contributed by atoms with Crippen molar-refractivity contribution < 1.29 is 23.1 Å². The fourth-order valence-corrected chi connectivity index (χ4v) is 6.83. The van der Waals surface area contributed by atoms with Crippen LogP contribution in [-0.4, -0.2) is 52.8 Å². The van der Waals surface area contributed by atoms with E-state index in [9.17, 15) is 23.1 Å². The molecule has 1 amide bonds. The summed E-state index contributed by atoms with van der Waals surface area (Å²) in [6.45, 7) is 7.32. The first-order valence-corrected chi connectivity index (χ1v) is 14.5. The zero-order valence-electron chi connectivity index (χ0n) is 22.7. The fourth-order valence-electron chi connectivity index (χ4n) is 5.19. The van der Waals surface area contributed by atoms with Gasteiger partial charge in [0, 0.05) is 30.7 Å². The Hall–Kier alpha value is -3.57. The van der Waals surface area contributed by atoms with Crippen molar-refractivity contribution in [2.24, 2.45) is 0 Å². The summed E-state index contributed by atoms with van der Waals surface area (Å²) in [5.74, 6) is -1.94. The molecule has 0 unspecified atom stereocenters. The Bertz CT molecular complexity index is 1490. The number of aliphatic carboxylic acids is 1. The Morgan fingerprint density at radius 2 is 1.77 bits per heavy atom. The molecule has 2 aromatic heterocycles. The summed E-state index contributed by atoms with van der Waals surface area (Å²) in [7, 11) is -4.14. The van der Waals surface area contributed by atoms with Crippen LogP contribution in [0.2, 0.25) is 0 Å². The molecule has 208 valence electrons. The molecule has 0 fully saturated rings. The van der Waals surface area contributed by atoms with E-state index in [1.165, 1.54) is 30.3 Å². The normalized spacial score (nSPS) is 14.1. The minimum Gasteiger partial charge on any atom is -0.480 e. The smallest absolute Gasteiger partial charge is 0.323 e. The van der Waals surface area contributed by atoms with Gasteiger partial charge in [-0.15, -0.1) is 0 Å². The largest absolute Gasteiger partial charge is 0.480 e. The number of rotatable bonds is 10. The molecule has 11 heteroatoms. The molecule has 0 bridgehead atoms. The number of pyridine rings is 1. The second-order valence-corrected chi connectivity index (χ2v) is 11.9. The molecule has 1 atom stereocenters. The van der Waals surface area contributed by atoms with Gasteiger partial charge < -0.3 is 10.4 Å². The lowest BCUT2D eigenvalue weighted by Gasteiger charge is -2.18. The summed E-state index contributed by atoms with van der Waals surface area (Å²) in [4.78, 5) is 29.4. The Morgan fingerprint density at radius 1 is 1.08 bits per heavy atom. The maximum absolute atomic E-state index is 13.0. The predicted octanol–water partition coefficient (Wildman–Crippen LogP) is 2.79. The number of aromatic nitrogens is 3. The van der Waals surface area contributed by atoms with Crippen molar-refractivity contribution in [2.45, 2.75) is 77.3 Å². The highest BCUT2D eigenvalue weighted by Gasteiger charge is 2.28. The molecule has 0 aliphatic heterocycles. The van der Waals surface area contributed by atoms with Crippen molar-refractivity contribution in [3.05, 3.63) is 75.4 Å². The molecule has 3 aromatic rings. The van der Waals surface area contributed by atoms with E-state index in [4.69, 9.17) is 4.98 Å². The van der Waals surface area contributed by atoms with Gasteiger partial charge in [0.25, 0.3) is 5.91 Å². The molecule has 1 aromatic carbocycles. The molecule has 3 N–H and O–H groups in total. The third-order valence-corrected chi connectivity index (χ3v) is 8.81. The maximum Gasteiger partial charge on any atom is 0.323 e. The first kappa shape index (κ1) is 28.4. The van der Waals surface area contributed by atoms with Gasteiger partial charge in [0.1, 0.15) is 6.04 Å². The molecular formula is C28H35N5O5S. The van der Waals surface area contributed by atoms with Crippen LogP contribution in [0.3, 0.4) is 0 Å². The molecular weight excluding hydrogens is 518 g/mol. The zero-order chi connectivity index (χ0) is 28.3. The molecule has 2 heterocycles. The van der Waals surface area contributed by atoms with Crippen LogP contribution >= 0.6 is 0 Å². The second-order valence-electron chi connectivity index (χ2n) is 10.2. The number of sulfonamides is 1. The number of carbonyl (C=O) groups excluding carboxylic acids is 1. The summed E-state index contributed by atoms with van der Waals surface area (Å²) in [5.41, 5.74) is 6.88. The van der Waals surface area contributed by atoms with Crippen LogP contribution in [0, 0.1) is 27.7 Å². The van der Waals surface area contributed by atoms with Gasteiger partial charge in [0.2, 0.25) is 10.0 Å². The van der Waals surface area contributed by atoms with Crippen molar-refractivity contribution in [3.8, 4) is 0 Å². The van der Waals surface area contributed by atoms with Crippen molar-refractivity contribution in [1.82, 2.24) is 24.8 Å². The summed E-state index contributed by atoms with van der Waals surface area (Å²) in [6.07, 6.45) is 8.17. The summed E-state index contributed by atoms with van der Waals surface area (Å²) in [5, 5.41) is 16.4. The SMILES string of the molecule is Cc1cc(C)c(S(=O)(=O)N[C@H](CNC(=O)c2cnn(CCc3cc4c(nc3C)CCCC4)c2)C(=O)O)c(C)c1. The number of hydrogen-bond donors (Lipinski definition) is 3. The number of carboxylic acid groups (broad SMARTS) is 1. The highest BCUT2D eigenvalue weighted by molar-refractivity contribution is 7.89. The average molecular weight is 554 g/mol. The summed E-state index contributed by atoms with van der Waals surface area (Å²) in [6, 6.07) is 4.13. The molecule has 0 radical (unpaired) electrons. The number of benzene rings is 1. The number of nitrogens with one attached hydrogen (secondary N) is 2. The van der Waals surface area contributed by atoms with Gasteiger partial charge in [0.05, 0.1) is 16.7 Å². The Labute approximate surface area is 228 Å². The van der Waals surface area contributed by atoms with Crippen LogP contribution in [0.1, 0.15) is 62.4 Å². The van der Waals surface area contributed by atoms with Crippen molar-refractivity contribution in [2.75, 3.05) is 6.54 Å². The zero-order valence-corrected chi connectivity index (χ0v) is 23.6. The van der Waals surface area contributed by atoms with Crippen LogP contribution in [0.25, 0.3) is 0 Å². The van der Waals surface area contributed by atoms with Gasteiger partial charge >= 0.3 is 5.97 Å². The van der Waals surface area contributed by atoms with Gasteiger partial charge in [-0.25, -0.2) is 8.42 Å². The van der Waals surface area contributed by atoms with E-state index in [1.807, 2.05) is 13.8 Å². The standard InChI is InChI=1S/C28H35N5O5S/c1-17-11-18(2)26(19(3)12-17)39(37,38)32-25(28(35)36)15-29-27(34)23-14-30-33(16-23)10-9-21-13-22-7-5-6-8-24(22)31-20(21)4/h11-14,16,25,32H,5-10,15H2,1-4H3,(H,29,34)(H,35,36)/t25-/m1/s1. The lowest BCUT2D eigenvalue weighted by molar-refractivity contribution is -0.138. The van der Waals surface area contributed by atoms with Gasteiger partial charge in [-0.2, -0.15) is 9.82 Å². The van der Waals surface area contributed by atoms with Gasteiger partial charge in [-0.1, -0.05) is 23.8 Å². The van der Waals surface area contributed by atoms with Gasteiger partial charge in [-0.3, -0.25) is 19.3 Å². The number of carboxylic acids is 1. The van der Waals surface area contributed by atoms with Crippen molar-refractivity contribution in [1.29, 1.82) is 0 Å². The molecule has 1 aliphatic carbocycles. The van der Waals surface area contributed by atoms with Gasteiger partial charge in [-0.05, 0) is 82.1 Å². The third-order valence-electron chi connectivity index (χ3n) is 7.04. The van der Waals surface area contributed by atoms with Crippen LogP contribution in [-0.2, 0) is 40.6 Å². The maximum atomic E-state index is 13.0. The topological polar surface area (TPSA) is 143 Å². The minimum atomic E-state index is -4.14. The number of carbonyl (C=O) groups is 2. The lowest BCUT2D eigenvalue weighted by Crippen LogP contribution is -2.48. The molecule has 4 rings (SSSR count).